The molecular weight excluding hydrogens is 262 g/mol. The van der Waals surface area contributed by atoms with Crippen molar-refractivity contribution in [2.24, 2.45) is 0 Å². The first-order chi connectivity index (χ1) is 9.22. The summed E-state index contributed by atoms with van der Waals surface area (Å²) in [5.74, 6) is 1.71. The van der Waals surface area contributed by atoms with Gasteiger partial charge in [-0.25, -0.2) is 4.98 Å². The standard InChI is InChI=1S/C13H13N3O2S/c1-8-4-5-19-12(8)9-7-16-11(18-3)6-10(17-2)15-13(16)14-9/h4-7H,1-3H3. The van der Waals surface area contributed by atoms with E-state index in [4.69, 9.17) is 9.47 Å². The highest BCUT2D eigenvalue weighted by Crippen LogP contribution is 2.30. The Balaban J connectivity index is 2.23. The van der Waals surface area contributed by atoms with E-state index in [9.17, 15) is 0 Å². The summed E-state index contributed by atoms with van der Waals surface area (Å²) in [6, 6.07) is 3.81. The third kappa shape index (κ3) is 1.94. The maximum Gasteiger partial charge on any atom is 0.240 e. The van der Waals surface area contributed by atoms with Crippen LogP contribution in [0.15, 0.2) is 23.7 Å². The topological polar surface area (TPSA) is 48.7 Å². The van der Waals surface area contributed by atoms with Crippen LogP contribution in [0.25, 0.3) is 16.3 Å². The molecule has 0 bridgehead atoms. The summed E-state index contributed by atoms with van der Waals surface area (Å²) < 4.78 is 12.3. The largest absolute Gasteiger partial charge is 0.482 e. The van der Waals surface area contributed by atoms with Crippen molar-refractivity contribution in [3.63, 3.8) is 0 Å². The van der Waals surface area contributed by atoms with Crippen molar-refractivity contribution in [2.75, 3.05) is 14.2 Å². The van der Waals surface area contributed by atoms with Crippen molar-refractivity contribution in [1.82, 2.24) is 14.4 Å². The van der Waals surface area contributed by atoms with Crippen molar-refractivity contribution in [3.05, 3.63) is 29.3 Å². The van der Waals surface area contributed by atoms with Crippen LogP contribution in [0.4, 0.5) is 0 Å². The summed E-state index contributed by atoms with van der Waals surface area (Å²) in [5, 5.41) is 2.06. The van der Waals surface area contributed by atoms with E-state index in [2.05, 4.69) is 28.3 Å². The number of nitrogens with zero attached hydrogens (tertiary/aromatic N) is 3. The van der Waals surface area contributed by atoms with Gasteiger partial charge in [0.05, 0.1) is 25.2 Å². The normalized spacial score (nSPS) is 10.9. The van der Waals surface area contributed by atoms with Gasteiger partial charge in [-0.05, 0) is 23.9 Å². The van der Waals surface area contributed by atoms with Crippen LogP contribution in [-0.2, 0) is 0 Å². The molecule has 3 aromatic rings. The first-order valence-electron chi connectivity index (χ1n) is 5.75. The quantitative estimate of drug-likeness (QED) is 0.737. The van der Waals surface area contributed by atoms with Crippen molar-refractivity contribution in [3.8, 4) is 22.3 Å². The fraction of sp³-hybridized carbons (Fsp3) is 0.231. The molecule has 0 atom stereocenters. The van der Waals surface area contributed by atoms with Gasteiger partial charge in [0.15, 0.2) is 0 Å². The Morgan fingerprint density at radius 3 is 2.68 bits per heavy atom. The van der Waals surface area contributed by atoms with Gasteiger partial charge in [0, 0.05) is 6.20 Å². The highest BCUT2D eigenvalue weighted by atomic mass is 32.1. The van der Waals surface area contributed by atoms with Gasteiger partial charge >= 0.3 is 0 Å². The van der Waals surface area contributed by atoms with Gasteiger partial charge in [-0.2, -0.15) is 4.98 Å². The Kier molecular flexibility index (Phi) is 2.87. The smallest absolute Gasteiger partial charge is 0.240 e. The summed E-state index contributed by atoms with van der Waals surface area (Å²) in [5.41, 5.74) is 2.10. The maximum absolute atomic E-state index is 5.34. The number of thiophene rings is 1. The molecule has 0 aliphatic heterocycles. The fourth-order valence-electron chi connectivity index (χ4n) is 1.92. The van der Waals surface area contributed by atoms with Gasteiger partial charge in [-0.3, -0.25) is 4.40 Å². The molecule has 0 aliphatic rings. The maximum atomic E-state index is 5.34. The highest BCUT2D eigenvalue weighted by molar-refractivity contribution is 7.13. The minimum absolute atomic E-state index is 0.490. The number of rotatable bonds is 3. The van der Waals surface area contributed by atoms with E-state index in [0.29, 0.717) is 17.5 Å². The monoisotopic (exact) mass is 275 g/mol. The van der Waals surface area contributed by atoms with Gasteiger partial charge in [-0.1, -0.05) is 0 Å². The Bertz CT molecular complexity index is 733. The molecule has 0 saturated heterocycles. The molecule has 0 unspecified atom stereocenters. The molecule has 19 heavy (non-hydrogen) atoms. The molecule has 0 spiro atoms. The van der Waals surface area contributed by atoms with E-state index in [1.165, 1.54) is 5.56 Å². The molecule has 5 nitrogen and oxygen atoms in total. The van der Waals surface area contributed by atoms with Crippen molar-refractivity contribution >= 4 is 17.1 Å². The number of imidazole rings is 1. The zero-order valence-corrected chi connectivity index (χ0v) is 11.7. The number of aromatic nitrogens is 3. The average molecular weight is 275 g/mol. The average Bonchev–Trinajstić information content (AvgIpc) is 3.02. The molecule has 0 aliphatic carbocycles. The SMILES string of the molecule is COc1cc(OC)n2cc(-c3sccc3C)nc2n1. The van der Waals surface area contributed by atoms with Crippen LogP contribution in [0, 0.1) is 6.92 Å². The Morgan fingerprint density at radius 2 is 2.05 bits per heavy atom. The van der Waals surface area contributed by atoms with E-state index in [1.54, 1.807) is 31.6 Å². The Morgan fingerprint density at radius 1 is 1.21 bits per heavy atom. The second kappa shape index (κ2) is 4.55. The van der Waals surface area contributed by atoms with Crippen LogP contribution in [0.5, 0.6) is 11.8 Å². The molecule has 0 aromatic carbocycles. The summed E-state index contributed by atoms with van der Waals surface area (Å²) in [4.78, 5) is 10.00. The molecular formula is C13H13N3O2S. The Hall–Kier alpha value is -2.08. The van der Waals surface area contributed by atoms with Crippen molar-refractivity contribution in [1.29, 1.82) is 0 Å². The number of hydrogen-bond acceptors (Lipinski definition) is 5. The zero-order valence-electron chi connectivity index (χ0n) is 10.9. The van der Waals surface area contributed by atoms with Gasteiger partial charge < -0.3 is 9.47 Å². The molecule has 3 aromatic heterocycles. The van der Waals surface area contributed by atoms with Crippen molar-refractivity contribution in [2.45, 2.75) is 6.92 Å². The number of fused-ring (bicyclic) bond motifs is 1. The van der Waals surface area contributed by atoms with Gasteiger partial charge in [0.1, 0.15) is 5.69 Å². The molecule has 0 N–H and O–H groups in total. The molecule has 3 heterocycles. The third-order valence-electron chi connectivity index (χ3n) is 2.89. The molecule has 98 valence electrons. The molecule has 0 saturated carbocycles. The lowest BCUT2D eigenvalue weighted by atomic mass is 10.2. The van der Waals surface area contributed by atoms with Crippen LogP contribution >= 0.6 is 11.3 Å². The minimum atomic E-state index is 0.490. The van der Waals surface area contributed by atoms with Crippen LogP contribution < -0.4 is 9.47 Å². The fourth-order valence-corrected chi connectivity index (χ4v) is 2.81. The first kappa shape index (κ1) is 12.0. The van der Waals surface area contributed by atoms with Crippen LogP contribution in [0.1, 0.15) is 5.56 Å². The summed E-state index contributed by atoms with van der Waals surface area (Å²) in [6.07, 6.45) is 1.93. The number of methoxy groups -OCH3 is 2. The van der Waals surface area contributed by atoms with Gasteiger partial charge in [0.25, 0.3) is 0 Å². The summed E-state index contributed by atoms with van der Waals surface area (Å²) >= 11 is 1.67. The molecule has 3 rings (SSSR count). The predicted octanol–water partition coefficient (Wildman–Crippen LogP) is 2.78. The second-order valence-electron chi connectivity index (χ2n) is 4.07. The molecule has 0 fully saturated rings. The van der Waals surface area contributed by atoms with Crippen LogP contribution in [0.2, 0.25) is 0 Å². The lowest BCUT2D eigenvalue weighted by Gasteiger charge is -2.04. The van der Waals surface area contributed by atoms with Crippen LogP contribution in [0.3, 0.4) is 0 Å². The minimum Gasteiger partial charge on any atom is -0.482 e. The zero-order chi connectivity index (χ0) is 13.4. The van der Waals surface area contributed by atoms with Gasteiger partial charge in [-0.15, -0.1) is 11.3 Å². The number of ether oxygens (including phenoxy) is 2. The second-order valence-corrected chi connectivity index (χ2v) is 4.99. The third-order valence-corrected chi connectivity index (χ3v) is 3.93. The van der Waals surface area contributed by atoms with E-state index in [-0.39, 0.29) is 0 Å². The van der Waals surface area contributed by atoms with Crippen LogP contribution in [-0.4, -0.2) is 28.6 Å². The van der Waals surface area contributed by atoms with E-state index in [0.717, 1.165) is 10.6 Å². The summed E-state index contributed by atoms with van der Waals surface area (Å²) in [7, 11) is 3.19. The lowest BCUT2D eigenvalue weighted by molar-refractivity contribution is 0.369. The van der Waals surface area contributed by atoms with E-state index in [1.807, 2.05) is 10.6 Å². The van der Waals surface area contributed by atoms with Gasteiger partial charge in [0.2, 0.25) is 17.5 Å². The Labute approximate surface area is 114 Å². The molecule has 0 radical (unpaired) electrons. The first-order valence-corrected chi connectivity index (χ1v) is 6.63. The van der Waals surface area contributed by atoms with E-state index < -0.39 is 0 Å². The molecule has 6 heteroatoms. The van der Waals surface area contributed by atoms with E-state index >= 15 is 0 Å². The lowest BCUT2D eigenvalue weighted by Crippen LogP contribution is -1.97. The van der Waals surface area contributed by atoms with Crippen molar-refractivity contribution < 1.29 is 9.47 Å². The highest BCUT2D eigenvalue weighted by Gasteiger charge is 2.13. The predicted molar refractivity (Wildman–Crippen MR) is 74.1 cm³/mol. The number of aryl methyl sites for hydroxylation is 1. The summed E-state index contributed by atoms with van der Waals surface area (Å²) in [6.45, 7) is 2.07. The number of hydrogen-bond donors (Lipinski definition) is 0. The molecule has 0 amide bonds.